The number of aliphatic hydroxyl groups is 1. The Morgan fingerprint density at radius 1 is 1.20 bits per heavy atom. The number of alkyl halides is 3. The number of ether oxygens (including phenoxy) is 1. The summed E-state index contributed by atoms with van der Waals surface area (Å²) in [4.78, 5) is 12.4. The molecular formula is C17H15Br2F3O3. The Balaban J connectivity index is 1.99. The lowest BCUT2D eigenvalue weighted by atomic mass is 9.77. The summed E-state index contributed by atoms with van der Waals surface area (Å²) in [6.07, 6.45) is -4.71. The molecule has 136 valence electrons. The van der Waals surface area contributed by atoms with Crippen molar-refractivity contribution >= 4 is 43.4 Å². The van der Waals surface area contributed by atoms with E-state index in [4.69, 9.17) is 4.74 Å². The smallest absolute Gasteiger partial charge is 0.391 e. The molecule has 1 aromatic carbocycles. The van der Waals surface area contributed by atoms with Gasteiger partial charge in [-0.3, -0.25) is 0 Å². The zero-order valence-corrected chi connectivity index (χ0v) is 16.4. The van der Waals surface area contributed by atoms with Gasteiger partial charge in [0, 0.05) is 14.5 Å². The van der Waals surface area contributed by atoms with Crippen molar-refractivity contribution in [2.75, 3.05) is 0 Å². The van der Waals surface area contributed by atoms with Gasteiger partial charge in [0.05, 0.1) is 5.92 Å². The van der Waals surface area contributed by atoms with Crippen LogP contribution in [0.5, 0.6) is 0 Å². The number of hydrogen-bond acceptors (Lipinski definition) is 3. The fourth-order valence-corrected chi connectivity index (χ4v) is 5.32. The standard InChI is InChI=1S/C17H15Br2F3O3/c1-8-6-10(18)12(11(19)7-8)13-14(23)16(25-15(13)24)4-2-9(3-5-16)17(20,21)22/h6-7,9,23H,2-5H2,1H3. The second kappa shape index (κ2) is 6.30. The van der Waals surface area contributed by atoms with Gasteiger partial charge in [-0.15, -0.1) is 0 Å². The van der Waals surface area contributed by atoms with Crippen LogP contribution in [0, 0.1) is 12.8 Å². The van der Waals surface area contributed by atoms with E-state index < -0.39 is 23.7 Å². The van der Waals surface area contributed by atoms with Crippen molar-refractivity contribution in [1.82, 2.24) is 0 Å². The van der Waals surface area contributed by atoms with E-state index in [1.54, 1.807) is 12.1 Å². The second-order valence-corrected chi connectivity index (χ2v) is 8.24. The van der Waals surface area contributed by atoms with Gasteiger partial charge >= 0.3 is 12.1 Å². The maximum atomic E-state index is 12.9. The van der Waals surface area contributed by atoms with E-state index in [-0.39, 0.29) is 37.0 Å². The Morgan fingerprint density at radius 3 is 2.20 bits per heavy atom. The van der Waals surface area contributed by atoms with E-state index in [2.05, 4.69) is 31.9 Å². The third-order valence-electron chi connectivity index (χ3n) is 4.85. The van der Waals surface area contributed by atoms with Crippen LogP contribution < -0.4 is 0 Å². The molecule has 1 heterocycles. The highest BCUT2D eigenvalue weighted by atomic mass is 79.9. The van der Waals surface area contributed by atoms with Crippen molar-refractivity contribution < 1.29 is 27.8 Å². The molecule has 0 saturated heterocycles. The monoisotopic (exact) mass is 482 g/mol. The average Bonchev–Trinajstić information content (AvgIpc) is 2.70. The van der Waals surface area contributed by atoms with Crippen LogP contribution in [-0.4, -0.2) is 22.9 Å². The van der Waals surface area contributed by atoms with Crippen molar-refractivity contribution in [1.29, 1.82) is 0 Å². The normalized spacial score (nSPS) is 27.1. The van der Waals surface area contributed by atoms with Crippen molar-refractivity contribution in [2.45, 2.75) is 44.4 Å². The molecule has 1 aromatic rings. The molecule has 0 atom stereocenters. The summed E-state index contributed by atoms with van der Waals surface area (Å²) >= 11 is 6.76. The predicted octanol–water partition coefficient (Wildman–Crippen LogP) is 5.84. The molecule has 1 fully saturated rings. The van der Waals surface area contributed by atoms with Gasteiger partial charge in [-0.25, -0.2) is 4.79 Å². The maximum absolute atomic E-state index is 12.9. The molecule has 3 rings (SSSR count). The molecule has 0 amide bonds. The molecule has 1 spiro atoms. The van der Waals surface area contributed by atoms with Crippen molar-refractivity contribution in [2.24, 2.45) is 5.92 Å². The topological polar surface area (TPSA) is 46.5 Å². The first-order valence-electron chi connectivity index (χ1n) is 7.75. The molecule has 0 unspecified atom stereocenters. The van der Waals surface area contributed by atoms with Crippen LogP contribution in [0.3, 0.4) is 0 Å². The number of carbonyl (C=O) groups is 1. The van der Waals surface area contributed by atoms with Gasteiger partial charge in [-0.1, -0.05) is 31.9 Å². The first-order chi connectivity index (χ1) is 11.5. The van der Waals surface area contributed by atoms with E-state index in [9.17, 15) is 23.1 Å². The summed E-state index contributed by atoms with van der Waals surface area (Å²) in [7, 11) is 0. The Morgan fingerprint density at radius 2 is 1.72 bits per heavy atom. The minimum absolute atomic E-state index is 0.00390. The van der Waals surface area contributed by atoms with Gasteiger partial charge in [-0.2, -0.15) is 13.2 Å². The molecule has 0 radical (unpaired) electrons. The molecular weight excluding hydrogens is 469 g/mol. The first kappa shape index (κ1) is 18.8. The number of benzene rings is 1. The number of hydrogen-bond donors (Lipinski definition) is 1. The highest BCUT2D eigenvalue weighted by molar-refractivity contribution is 9.11. The van der Waals surface area contributed by atoms with Crippen LogP contribution in [0.2, 0.25) is 0 Å². The molecule has 2 aliphatic rings. The minimum Gasteiger partial charge on any atom is -0.507 e. The molecule has 1 aliphatic heterocycles. The van der Waals surface area contributed by atoms with Gasteiger partial charge in [-0.05, 0) is 50.3 Å². The lowest BCUT2D eigenvalue weighted by Gasteiger charge is -2.36. The van der Waals surface area contributed by atoms with E-state index in [1.165, 1.54) is 0 Å². The molecule has 3 nitrogen and oxygen atoms in total. The van der Waals surface area contributed by atoms with E-state index in [0.29, 0.717) is 14.5 Å². The van der Waals surface area contributed by atoms with Crippen molar-refractivity contribution in [3.05, 3.63) is 38.0 Å². The van der Waals surface area contributed by atoms with Crippen molar-refractivity contribution in [3.63, 3.8) is 0 Å². The van der Waals surface area contributed by atoms with Crippen LogP contribution in [-0.2, 0) is 9.53 Å². The largest absolute Gasteiger partial charge is 0.507 e. The van der Waals surface area contributed by atoms with Gasteiger partial charge in [0.1, 0.15) is 5.57 Å². The molecule has 0 bridgehead atoms. The van der Waals surface area contributed by atoms with Gasteiger partial charge < -0.3 is 9.84 Å². The summed E-state index contributed by atoms with van der Waals surface area (Å²) in [5.74, 6) is -2.41. The van der Waals surface area contributed by atoms with E-state index in [1.807, 2.05) is 6.92 Å². The van der Waals surface area contributed by atoms with Crippen LogP contribution in [0.25, 0.3) is 5.57 Å². The third kappa shape index (κ3) is 3.23. The first-order valence-corrected chi connectivity index (χ1v) is 9.33. The zero-order valence-electron chi connectivity index (χ0n) is 13.2. The number of aryl methyl sites for hydroxylation is 1. The summed E-state index contributed by atoms with van der Waals surface area (Å²) < 4.78 is 45.2. The molecule has 0 aromatic heterocycles. The fourth-order valence-electron chi connectivity index (χ4n) is 3.51. The average molecular weight is 484 g/mol. The highest BCUT2D eigenvalue weighted by Gasteiger charge is 2.54. The van der Waals surface area contributed by atoms with Gasteiger partial charge in [0.25, 0.3) is 0 Å². The van der Waals surface area contributed by atoms with Crippen LogP contribution in [0.1, 0.15) is 36.8 Å². The number of aliphatic hydroxyl groups excluding tert-OH is 1. The maximum Gasteiger partial charge on any atom is 0.391 e. The Kier molecular flexibility index (Phi) is 4.73. The fraction of sp³-hybridized carbons (Fsp3) is 0.471. The van der Waals surface area contributed by atoms with E-state index >= 15 is 0 Å². The lowest BCUT2D eigenvalue weighted by Crippen LogP contribution is -2.40. The summed E-state index contributed by atoms with van der Waals surface area (Å²) in [6.45, 7) is 1.88. The van der Waals surface area contributed by atoms with Crippen LogP contribution >= 0.6 is 31.9 Å². The number of esters is 1. The van der Waals surface area contributed by atoms with Crippen molar-refractivity contribution in [3.8, 4) is 0 Å². The summed E-state index contributed by atoms with van der Waals surface area (Å²) in [5, 5.41) is 10.7. The lowest BCUT2D eigenvalue weighted by molar-refractivity contribution is -0.194. The number of rotatable bonds is 1. The van der Waals surface area contributed by atoms with Gasteiger partial charge in [0.2, 0.25) is 0 Å². The molecule has 25 heavy (non-hydrogen) atoms. The van der Waals surface area contributed by atoms with Crippen LogP contribution in [0.4, 0.5) is 13.2 Å². The minimum atomic E-state index is -4.27. The number of halogens is 5. The summed E-state index contributed by atoms with van der Waals surface area (Å²) in [5.41, 5.74) is 0.0410. The summed E-state index contributed by atoms with van der Waals surface area (Å²) in [6, 6.07) is 3.58. The number of carbonyl (C=O) groups excluding carboxylic acids is 1. The Labute approximate surface area is 159 Å². The third-order valence-corrected chi connectivity index (χ3v) is 6.10. The molecule has 1 aliphatic carbocycles. The van der Waals surface area contributed by atoms with Gasteiger partial charge in [0.15, 0.2) is 11.4 Å². The second-order valence-electron chi connectivity index (χ2n) is 6.53. The Bertz CT molecular complexity index is 740. The predicted molar refractivity (Wildman–Crippen MR) is 93.0 cm³/mol. The SMILES string of the molecule is Cc1cc(Br)c(C2=C(O)C3(CCC(C(F)(F)F)CC3)OC2=O)c(Br)c1. The van der Waals surface area contributed by atoms with Crippen LogP contribution in [0.15, 0.2) is 26.8 Å². The molecule has 1 N–H and O–H groups in total. The quantitative estimate of drug-likeness (QED) is 0.510. The molecule has 8 heteroatoms. The van der Waals surface area contributed by atoms with E-state index in [0.717, 1.165) is 5.56 Å². The zero-order chi connectivity index (χ0) is 18.6. The molecule has 1 saturated carbocycles. The Hall–Kier alpha value is -1.02. The highest BCUT2D eigenvalue weighted by Crippen LogP contribution is 2.51.